The number of benzene rings is 1. The van der Waals surface area contributed by atoms with Crippen LogP contribution in [0.1, 0.15) is 6.42 Å². The lowest BCUT2D eigenvalue weighted by Crippen LogP contribution is -2.41. The molecule has 2 aliphatic heterocycles. The van der Waals surface area contributed by atoms with E-state index in [1.807, 2.05) is 0 Å². The lowest BCUT2D eigenvalue weighted by molar-refractivity contribution is -0.385. The minimum absolute atomic E-state index is 0.0331. The highest BCUT2D eigenvalue weighted by molar-refractivity contribution is 7.89. The Bertz CT molecular complexity index is 630. The smallest absolute Gasteiger partial charge is 0.270 e. The molecule has 1 aromatic carbocycles. The van der Waals surface area contributed by atoms with Crippen molar-refractivity contribution in [3.8, 4) is 0 Å². The number of hydrogen-bond donors (Lipinski definition) is 0. The van der Waals surface area contributed by atoms with Crippen LogP contribution in [0.25, 0.3) is 0 Å². The Morgan fingerprint density at radius 3 is 2.79 bits per heavy atom. The first-order chi connectivity index (χ1) is 8.98. The maximum Gasteiger partial charge on any atom is 0.270 e. The van der Waals surface area contributed by atoms with Gasteiger partial charge in [0, 0.05) is 18.7 Å². The van der Waals surface area contributed by atoms with Crippen molar-refractivity contribution < 1.29 is 18.1 Å². The van der Waals surface area contributed by atoms with Crippen molar-refractivity contribution in [3.63, 3.8) is 0 Å². The minimum Gasteiger partial charge on any atom is -0.375 e. The molecule has 7 nitrogen and oxygen atoms in total. The molecule has 2 saturated heterocycles. The zero-order chi connectivity index (χ0) is 13.6. The number of fused-ring (bicyclic) bond motifs is 2. The zero-order valence-electron chi connectivity index (χ0n) is 9.93. The van der Waals surface area contributed by atoms with Crippen LogP contribution in [-0.2, 0) is 14.8 Å². The monoisotopic (exact) mass is 284 g/mol. The lowest BCUT2D eigenvalue weighted by atomic mass is 10.3. The molecular formula is C11H12N2O5S. The molecule has 2 heterocycles. The molecule has 102 valence electrons. The molecule has 1 aromatic rings. The summed E-state index contributed by atoms with van der Waals surface area (Å²) < 4.78 is 31.6. The van der Waals surface area contributed by atoms with E-state index in [2.05, 4.69) is 0 Å². The Morgan fingerprint density at radius 2 is 2.21 bits per heavy atom. The van der Waals surface area contributed by atoms with Crippen molar-refractivity contribution in [1.82, 2.24) is 4.31 Å². The first-order valence-corrected chi connectivity index (χ1v) is 7.30. The van der Waals surface area contributed by atoms with Gasteiger partial charge in [-0.15, -0.1) is 0 Å². The fraction of sp³-hybridized carbons (Fsp3) is 0.455. The van der Waals surface area contributed by atoms with Gasteiger partial charge in [0.1, 0.15) is 0 Å². The summed E-state index contributed by atoms with van der Waals surface area (Å²) in [5, 5.41) is 10.7. The van der Waals surface area contributed by atoms with Gasteiger partial charge in [0.05, 0.1) is 28.6 Å². The summed E-state index contributed by atoms with van der Waals surface area (Å²) in [5.74, 6) is 0. The summed E-state index contributed by atoms with van der Waals surface area (Å²) in [5.41, 5.74) is -0.221. The van der Waals surface area contributed by atoms with Crippen molar-refractivity contribution in [1.29, 1.82) is 0 Å². The predicted molar refractivity (Wildman–Crippen MR) is 65.1 cm³/mol. The van der Waals surface area contributed by atoms with E-state index in [1.54, 1.807) is 0 Å². The van der Waals surface area contributed by atoms with Crippen molar-refractivity contribution in [2.45, 2.75) is 23.5 Å². The molecule has 0 radical (unpaired) electrons. The third-order valence-corrected chi connectivity index (χ3v) is 5.40. The van der Waals surface area contributed by atoms with Gasteiger partial charge < -0.3 is 4.74 Å². The van der Waals surface area contributed by atoms with Gasteiger partial charge in [-0.25, -0.2) is 8.42 Å². The predicted octanol–water partition coefficient (Wildman–Crippen LogP) is 0.757. The third kappa shape index (κ3) is 2.01. The normalized spacial score (nSPS) is 26.7. The number of sulfonamides is 1. The molecule has 8 heteroatoms. The summed E-state index contributed by atoms with van der Waals surface area (Å²) in [4.78, 5) is 10.1. The molecule has 0 N–H and O–H groups in total. The van der Waals surface area contributed by atoms with Gasteiger partial charge in [-0.3, -0.25) is 10.1 Å². The molecule has 0 saturated carbocycles. The van der Waals surface area contributed by atoms with E-state index in [-0.39, 0.29) is 22.7 Å². The van der Waals surface area contributed by atoms with Crippen LogP contribution in [0.4, 0.5) is 5.69 Å². The molecule has 2 aliphatic rings. The third-order valence-electron chi connectivity index (χ3n) is 3.49. The van der Waals surface area contributed by atoms with Crippen molar-refractivity contribution >= 4 is 15.7 Å². The number of ether oxygens (including phenoxy) is 1. The van der Waals surface area contributed by atoms with E-state index in [1.165, 1.54) is 22.5 Å². The number of nitro benzene ring substituents is 1. The highest BCUT2D eigenvalue weighted by Gasteiger charge is 2.45. The number of morpholine rings is 1. The second-order valence-corrected chi connectivity index (χ2v) is 6.56. The first kappa shape index (κ1) is 12.5. The average Bonchev–Trinajstić information content (AvgIpc) is 3.01. The largest absolute Gasteiger partial charge is 0.375 e. The second-order valence-electron chi connectivity index (χ2n) is 4.67. The van der Waals surface area contributed by atoms with Crippen LogP contribution in [0.2, 0.25) is 0 Å². The Labute approximate surface area is 110 Å². The van der Waals surface area contributed by atoms with Crippen LogP contribution in [-0.4, -0.2) is 42.9 Å². The zero-order valence-corrected chi connectivity index (χ0v) is 10.7. The number of nitro groups is 1. The SMILES string of the molecule is O=[N+]([O-])c1cccc(S(=O)(=O)N2CC3CC2CO3)c1. The van der Waals surface area contributed by atoms with Gasteiger partial charge in [-0.05, 0) is 12.5 Å². The number of rotatable bonds is 3. The van der Waals surface area contributed by atoms with Gasteiger partial charge in [-0.2, -0.15) is 4.31 Å². The van der Waals surface area contributed by atoms with E-state index < -0.39 is 14.9 Å². The Kier molecular flexibility index (Phi) is 2.80. The van der Waals surface area contributed by atoms with E-state index in [0.717, 1.165) is 6.07 Å². The topological polar surface area (TPSA) is 89.8 Å². The molecule has 2 atom stereocenters. The summed E-state index contributed by atoms with van der Waals surface area (Å²) >= 11 is 0. The fourth-order valence-electron chi connectivity index (χ4n) is 2.55. The molecule has 2 bridgehead atoms. The molecule has 0 amide bonds. The van der Waals surface area contributed by atoms with E-state index >= 15 is 0 Å². The van der Waals surface area contributed by atoms with Gasteiger partial charge in [0.15, 0.2) is 0 Å². The standard InChI is InChI=1S/C11H12N2O5S/c14-13(15)8-2-1-3-11(5-8)19(16,17)12-6-10-4-9(12)7-18-10/h1-3,5,9-10H,4,6-7H2. The molecular weight excluding hydrogens is 272 g/mol. The molecule has 3 rings (SSSR count). The molecule has 2 fully saturated rings. The van der Waals surface area contributed by atoms with Crippen molar-refractivity contribution in [2.75, 3.05) is 13.2 Å². The van der Waals surface area contributed by atoms with Gasteiger partial charge in [0.2, 0.25) is 10.0 Å². The van der Waals surface area contributed by atoms with Gasteiger partial charge in [0.25, 0.3) is 5.69 Å². The summed E-state index contributed by atoms with van der Waals surface area (Å²) in [6.07, 6.45) is 0.659. The van der Waals surface area contributed by atoms with Crippen LogP contribution < -0.4 is 0 Å². The van der Waals surface area contributed by atoms with Crippen LogP contribution >= 0.6 is 0 Å². The lowest BCUT2D eigenvalue weighted by Gasteiger charge is -2.25. The number of hydrogen-bond acceptors (Lipinski definition) is 5. The average molecular weight is 284 g/mol. The molecule has 2 unspecified atom stereocenters. The van der Waals surface area contributed by atoms with Crippen LogP contribution in [0, 0.1) is 10.1 Å². The fourth-order valence-corrected chi connectivity index (χ4v) is 4.24. The molecule has 0 aromatic heterocycles. The Balaban J connectivity index is 1.96. The highest BCUT2D eigenvalue weighted by atomic mass is 32.2. The number of non-ortho nitro benzene ring substituents is 1. The maximum absolute atomic E-state index is 12.4. The first-order valence-electron chi connectivity index (χ1n) is 5.86. The van der Waals surface area contributed by atoms with Crippen LogP contribution in [0.5, 0.6) is 0 Å². The molecule has 0 spiro atoms. The minimum atomic E-state index is -3.68. The highest BCUT2D eigenvalue weighted by Crippen LogP contribution is 2.33. The Hall–Kier alpha value is -1.51. The van der Waals surface area contributed by atoms with E-state index in [4.69, 9.17) is 4.74 Å². The quantitative estimate of drug-likeness (QED) is 0.603. The van der Waals surface area contributed by atoms with E-state index in [0.29, 0.717) is 19.6 Å². The maximum atomic E-state index is 12.4. The molecule has 19 heavy (non-hydrogen) atoms. The van der Waals surface area contributed by atoms with Gasteiger partial charge in [-0.1, -0.05) is 6.07 Å². The van der Waals surface area contributed by atoms with Gasteiger partial charge >= 0.3 is 0 Å². The molecule has 0 aliphatic carbocycles. The van der Waals surface area contributed by atoms with Crippen LogP contribution in [0.3, 0.4) is 0 Å². The van der Waals surface area contributed by atoms with Crippen molar-refractivity contribution in [2.24, 2.45) is 0 Å². The van der Waals surface area contributed by atoms with Crippen molar-refractivity contribution in [3.05, 3.63) is 34.4 Å². The number of nitrogens with zero attached hydrogens (tertiary/aromatic N) is 2. The summed E-state index contributed by atoms with van der Waals surface area (Å²) in [7, 11) is -3.68. The summed E-state index contributed by atoms with van der Waals surface area (Å²) in [6, 6.07) is 5.00. The van der Waals surface area contributed by atoms with E-state index in [9.17, 15) is 18.5 Å². The summed E-state index contributed by atoms with van der Waals surface area (Å²) in [6.45, 7) is 0.731. The Morgan fingerprint density at radius 1 is 1.42 bits per heavy atom. The second kappa shape index (κ2) is 4.26. The van der Waals surface area contributed by atoms with Crippen LogP contribution in [0.15, 0.2) is 29.2 Å².